The van der Waals surface area contributed by atoms with Crippen LogP contribution in [0, 0.1) is 35.6 Å². The SMILES string of the molecule is CC1CCC(C2CCC(COc3cc[c-]c(F)c3Cl)CC2)CC1.[Rb+]. The van der Waals surface area contributed by atoms with Gasteiger partial charge in [0.15, 0.2) is 0 Å². The van der Waals surface area contributed by atoms with Gasteiger partial charge in [0.2, 0.25) is 0 Å². The summed E-state index contributed by atoms with van der Waals surface area (Å²) in [6, 6.07) is 5.66. The molecule has 4 heteroatoms. The normalized spacial score (nSPS) is 30.5. The maximum absolute atomic E-state index is 13.4. The quantitative estimate of drug-likeness (QED) is 0.676. The number of hydrogen-bond acceptors (Lipinski definition) is 1. The maximum Gasteiger partial charge on any atom is 1.00 e. The minimum atomic E-state index is -0.528. The Balaban J connectivity index is 0.00000208. The summed E-state index contributed by atoms with van der Waals surface area (Å²) >= 11 is 5.92. The molecule has 0 unspecified atom stereocenters. The molecule has 3 rings (SSSR count). The first-order chi connectivity index (χ1) is 11.1. The molecule has 128 valence electrons. The summed E-state index contributed by atoms with van der Waals surface area (Å²) in [6.45, 7) is 3.04. The molecule has 0 aliphatic heterocycles. The van der Waals surface area contributed by atoms with Gasteiger partial charge in [-0.2, -0.15) is 17.7 Å². The molecular formula is C20H27ClFORb. The molecule has 0 spiro atoms. The van der Waals surface area contributed by atoms with Gasteiger partial charge in [-0.15, -0.1) is 12.1 Å². The standard InChI is InChI=1S/C20H27ClFO.Rb/c1-14-5-9-16(10-6-14)17-11-7-15(8-12-17)13-23-19-4-2-3-18(22)20(19)21;/h2,4,14-17H,5-13H2,1H3;/q-1;+1. The van der Waals surface area contributed by atoms with Gasteiger partial charge in [0, 0.05) is 16.6 Å². The summed E-state index contributed by atoms with van der Waals surface area (Å²) in [5.74, 6) is 3.32. The Labute approximate surface area is 199 Å². The molecule has 0 bridgehead atoms. The van der Waals surface area contributed by atoms with Crippen molar-refractivity contribution in [3.63, 3.8) is 0 Å². The molecule has 0 radical (unpaired) electrons. The van der Waals surface area contributed by atoms with Crippen LogP contribution in [0.5, 0.6) is 5.75 Å². The van der Waals surface area contributed by atoms with Crippen molar-refractivity contribution in [2.24, 2.45) is 23.7 Å². The summed E-state index contributed by atoms with van der Waals surface area (Å²) in [5, 5.41) is 0.0533. The Morgan fingerprint density at radius 2 is 1.67 bits per heavy atom. The zero-order valence-corrected chi connectivity index (χ0v) is 20.7. The third-order valence-corrected chi connectivity index (χ3v) is 6.30. The second-order valence-electron chi connectivity index (χ2n) is 7.58. The van der Waals surface area contributed by atoms with Gasteiger partial charge in [0.25, 0.3) is 0 Å². The van der Waals surface area contributed by atoms with Crippen molar-refractivity contribution in [1.29, 1.82) is 0 Å². The van der Waals surface area contributed by atoms with Crippen LogP contribution in [-0.2, 0) is 0 Å². The van der Waals surface area contributed by atoms with Crippen LogP contribution in [0.25, 0.3) is 0 Å². The van der Waals surface area contributed by atoms with E-state index in [1.165, 1.54) is 57.4 Å². The van der Waals surface area contributed by atoms with Crippen LogP contribution in [0.3, 0.4) is 0 Å². The average molecular weight is 423 g/mol. The first-order valence-electron chi connectivity index (χ1n) is 9.12. The fourth-order valence-electron chi connectivity index (χ4n) is 4.34. The molecule has 0 aromatic heterocycles. The van der Waals surface area contributed by atoms with Crippen molar-refractivity contribution >= 4 is 11.6 Å². The molecule has 0 amide bonds. The Bertz CT molecular complexity index is 508. The van der Waals surface area contributed by atoms with Gasteiger partial charge in [0.1, 0.15) is 0 Å². The van der Waals surface area contributed by atoms with E-state index in [2.05, 4.69) is 13.0 Å². The number of halogens is 2. The third-order valence-electron chi connectivity index (χ3n) is 5.95. The molecule has 1 aromatic rings. The fourth-order valence-corrected chi connectivity index (χ4v) is 4.51. The summed E-state index contributed by atoms with van der Waals surface area (Å²) in [4.78, 5) is 0. The van der Waals surface area contributed by atoms with Crippen LogP contribution in [-0.4, -0.2) is 6.61 Å². The number of benzene rings is 1. The van der Waals surface area contributed by atoms with Crippen molar-refractivity contribution in [2.45, 2.75) is 58.3 Å². The smallest absolute Gasteiger partial charge is 0.517 e. The van der Waals surface area contributed by atoms with Gasteiger partial charge in [0.05, 0.1) is 6.61 Å². The predicted molar refractivity (Wildman–Crippen MR) is 92.3 cm³/mol. The summed E-state index contributed by atoms with van der Waals surface area (Å²) in [6.07, 6.45) is 10.8. The van der Waals surface area contributed by atoms with E-state index in [4.69, 9.17) is 16.3 Å². The first-order valence-corrected chi connectivity index (χ1v) is 9.49. The molecule has 0 atom stereocenters. The van der Waals surface area contributed by atoms with E-state index < -0.39 is 5.82 Å². The van der Waals surface area contributed by atoms with Gasteiger partial charge in [-0.25, -0.2) is 4.39 Å². The monoisotopic (exact) mass is 422 g/mol. The maximum atomic E-state index is 13.4. The second-order valence-corrected chi connectivity index (χ2v) is 7.96. The van der Waals surface area contributed by atoms with E-state index in [1.807, 2.05) is 0 Å². The van der Waals surface area contributed by atoms with Crippen LogP contribution in [0.15, 0.2) is 12.1 Å². The first kappa shape index (κ1) is 21.3. The van der Waals surface area contributed by atoms with Gasteiger partial charge >= 0.3 is 58.2 Å². The Kier molecular flexibility index (Phi) is 9.25. The van der Waals surface area contributed by atoms with E-state index in [9.17, 15) is 4.39 Å². The zero-order valence-electron chi connectivity index (χ0n) is 15.0. The molecule has 2 aliphatic carbocycles. The molecule has 2 aliphatic rings. The van der Waals surface area contributed by atoms with E-state index >= 15 is 0 Å². The number of ether oxygens (including phenoxy) is 1. The number of hydrogen-bond donors (Lipinski definition) is 0. The third kappa shape index (κ3) is 5.77. The van der Waals surface area contributed by atoms with Crippen molar-refractivity contribution in [3.05, 3.63) is 29.0 Å². The van der Waals surface area contributed by atoms with Crippen molar-refractivity contribution in [1.82, 2.24) is 0 Å². The Morgan fingerprint density at radius 1 is 1.08 bits per heavy atom. The molecule has 2 saturated carbocycles. The van der Waals surface area contributed by atoms with Gasteiger partial charge < -0.3 is 4.74 Å². The van der Waals surface area contributed by atoms with E-state index in [0.29, 0.717) is 18.3 Å². The van der Waals surface area contributed by atoms with E-state index in [0.717, 1.165) is 17.8 Å². The van der Waals surface area contributed by atoms with Crippen LogP contribution >= 0.6 is 11.6 Å². The van der Waals surface area contributed by atoms with Crippen molar-refractivity contribution in [2.75, 3.05) is 6.61 Å². The predicted octanol–water partition coefficient (Wildman–Crippen LogP) is 3.29. The summed E-state index contributed by atoms with van der Waals surface area (Å²) in [7, 11) is 0. The molecule has 0 heterocycles. The molecule has 0 saturated heterocycles. The number of rotatable bonds is 4. The fraction of sp³-hybridized carbons (Fsp3) is 0.700. The van der Waals surface area contributed by atoms with Gasteiger partial charge in [-0.05, 0) is 62.2 Å². The second kappa shape index (κ2) is 10.4. The summed E-state index contributed by atoms with van der Waals surface area (Å²) < 4.78 is 19.1. The summed E-state index contributed by atoms with van der Waals surface area (Å²) in [5.41, 5.74) is 0. The average Bonchev–Trinajstić information content (AvgIpc) is 2.57. The molecular weight excluding hydrogens is 396 g/mol. The van der Waals surface area contributed by atoms with Crippen molar-refractivity contribution < 1.29 is 67.3 Å². The Morgan fingerprint density at radius 3 is 2.29 bits per heavy atom. The topological polar surface area (TPSA) is 9.23 Å². The molecule has 1 aromatic carbocycles. The van der Waals surface area contributed by atoms with Crippen LogP contribution in [0.2, 0.25) is 5.02 Å². The van der Waals surface area contributed by atoms with Crippen LogP contribution in [0.4, 0.5) is 4.39 Å². The molecule has 0 N–H and O–H groups in total. The largest absolute Gasteiger partial charge is 1.00 e. The molecule has 2 fully saturated rings. The Hall–Kier alpha value is 1.05. The van der Waals surface area contributed by atoms with E-state index in [1.54, 1.807) is 6.07 Å². The van der Waals surface area contributed by atoms with E-state index in [-0.39, 0.29) is 63.2 Å². The van der Waals surface area contributed by atoms with Gasteiger partial charge in [-0.1, -0.05) is 19.8 Å². The van der Waals surface area contributed by atoms with Crippen LogP contribution in [0.1, 0.15) is 58.3 Å². The molecule has 1 nitrogen and oxygen atoms in total. The minimum absolute atomic E-state index is 0. The van der Waals surface area contributed by atoms with Crippen LogP contribution < -0.4 is 62.9 Å². The van der Waals surface area contributed by atoms with Crippen molar-refractivity contribution in [3.8, 4) is 5.75 Å². The molecule has 24 heavy (non-hydrogen) atoms. The zero-order chi connectivity index (χ0) is 16.2. The minimum Gasteiger partial charge on any atom is -0.517 e. The van der Waals surface area contributed by atoms with Gasteiger partial charge in [-0.3, -0.25) is 0 Å².